The molecule has 0 saturated carbocycles. The van der Waals surface area contributed by atoms with Crippen molar-refractivity contribution in [2.24, 2.45) is 0 Å². The van der Waals surface area contributed by atoms with Gasteiger partial charge in [0.2, 0.25) is 0 Å². The van der Waals surface area contributed by atoms with E-state index in [0.717, 1.165) is 10.5 Å². The lowest BCUT2D eigenvalue weighted by atomic mass is 10.2. The van der Waals surface area contributed by atoms with Gasteiger partial charge in [-0.05, 0) is 5.56 Å². The van der Waals surface area contributed by atoms with Crippen molar-refractivity contribution in [2.45, 2.75) is 6.54 Å². The molecule has 0 aliphatic carbocycles. The van der Waals surface area contributed by atoms with Crippen LogP contribution in [0.5, 0.6) is 0 Å². The van der Waals surface area contributed by atoms with Crippen molar-refractivity contribution in [1.82, 2.24) is 10.2 Å². The number of urea groups is 1. The zero-order chi connectivity index (χ0) is 12.0. The molecule has 0 bridgehead atoms. The number of nitrogens with zero attached hydrogens (tertiary/aromatic N) is 1. The first-order valence-electron chi connectivity index (χ1n) is 4.84. The normalized spacial score (nSPS) is 9.56. The number of aliphatic carboxylic acids is 1. The van der Waals surface area contributed by atoms with Crippen molar-refractivity contribution in [1.29, 1.82) is 0 Å². The average molecular weight is 222 g/mol. The number of carboxylic acids is 1. The molecule has 0 heterocycles. The van der Waals surface area contributed by atoms with E-state index in [2.05, 4.69) is 5.32 Å². The van der Waals surface area contributed by atoms with E-state index in [-0.39, 0.29) is 6.54 Å². The number of carbonyl (C=O) groups excluding carboxylic acids is 1. The minimum atomic E-state index is -1.03. The second-order valence-electron chi connectivity index (χ2n) is 3.39. The molecule has 0 fully saturated rings. The van der Waals surface area contributed by atoms with Crippen molar-refractivity contribution in [2.75, 3.05) is 13.6 Å². The van der Waals surface area contributed by atoms with Gasteiger partial charge in [0.15, 0.2) is 0 Å². The molecule has 0 saturated heterocycles. The lowest BCUT2D eigenvalue weighted by molar-refractivity contribution is -0.137. The number of benzene rings is 1. The standard InChI is InChI=1S/C11H14N2O3/c1-13(8-10(14)15)11(16)12-7-9-5-3-2-4-6-9/h2-6H,7-8H2,1H3,(H,12,16)(H,14,15). The maximum atomic E-state index is 11.4. The zero-order valence-corrected chi connectivity index (χ0v) is 9.01. The number of carboxylic acid groups (broad SMARTS) is 1. The lowest BCUT2D eigenvalue weighted by Crippen LogP contribution is -2.39. The summed E-state index contributed by atoms with van der Waals surface area (Å²) in [5.41, 5.74) is 0.972. The predicted octanol–water partition coefficient (Wildman–Crippen LogP) is 0.913. The zero-order valence-electron chi connectivity index (χ0n) is 9.01. The number of hydrogen-bond acceptors (Lipinski definition) is 2. The first-order chi connectivity index (χ1) is 7.59. The number of hydrogen-bond donors (Lipinski definition) is 2. The van der Waals surface area contributed by atoms with Crippen molar-refractivity contribution in [3.63, 3.8) is 0 Å². The van der Waals surface area contributed by atoms with E-state index < -0.39 is 12.0 Å². The van der Waals surface area contributed by atoms with Crippen LogP contribution in [-0.4, -0.2) is 35.6 Å². The van der Waals surface area contributed by atoms with Gasteiger partial charge in [0, 0.05) is 13.6 Å². The Balaban J connectivity index is 2.38. The largest absolute Gasteiger partial charge is 0.480 e. The molecule has 1 aromatic carbocycles. The van der Waals surface area contributed by atoms with Crippen LogP contribution in [0.1, 0.15) is 5.56 Å². The van der Waals surface area contributed by atoms with Gasteiger partial charge in [-0.15, -0.1) is 0 Å². The van der Waals surface area contributed by atoms with E-state index in [9.17, 15) is 9.59 Å². The van der Waals surface area contributed by atoms with Gasteiger partial charge in [0.1, 0.15) is 6.54 Å². The number of rotatable bonds is 4. The summed E-state index contributed by atoms with van der Waals surface area (Å²) in [5.74, 6) is -1.03. The fraction of sp³-hybridized carbons (Fsp3) is 0.273. The Morgan fingerprint density at radius 2 is 1.94 bits per heavy atom. The smallest absolute Gasteiger partial charge is 0.323 e. The maximum Gasteiger partial charge on any atom is 0.323 e. The van der Waals surface area contributed by atoms with Crippen LogP contribution in [0.2, 0.25) is 0 Å². The van der Waals surface area contributed by atoms with E-state index in [4.69, 9.17) is 5.11 Å². The molecule has 2 amide bonds. The Labute approximate surface area is 93.7 Å². The summed E-state index contributed by atoms with van der Waals surface area (Å²) in [6.07, 6.45) is 0. The molecule has 86 valence electrons. The fourth-order valence-electron chi connectivity index (χ4n) is 1.18. The monoisotopic (exact) mass is 222 g/mol. The highest BCUT2D eigenvalue weighted by atomic mass is 16.4. The molecular weight excluding hydrogens is 208 g/mol. The van der Waals surface area contributed by atoms with Gasteiger partial charge in [-0.2, -0.15) is 0 Å². The minimum absolute atomic E-state index is 0.305. The highest BCUT2D eigenvalue weighted by Gasteiger charge is 2.10. The molecule has 0 radical (unpaired) electrons. The van der Waals surface area contributed by atoms with Gasteiger partial charge < -0.3 is 15.3 Å². The molecule has 0 spiro atoms. The molecule has 0 aliphatic heterocycles. The first kappa shape index (κ1) is 12.0. The Kier molecular flexibility index (Phi) is 4.32. The molecule has 16 heavy (non-hydrogen) atoms. The quantitative estimate of drug-likeness (QED) is 0.795. The topological polar surface area (TPSA) is 69.6 Å². The van der Waals surface area contributed by atoms with Crippen LogP contribution >= 0.6 is 0 Å². The van der Waals surface area contributed by atoms with E-state index in [1.165, 1.54) is 7.05 Å². The lowest BCUT2D eigenvalue weighted by Gasteiger charge is -2.15. The predicted molar refractivity (Wildman–Crippen MR) is 58.9 cm³/mol. The Morgan fingerprint density at radius 1 is 1.31 bits per heavy atom. The third-order valence-electron chi connectivity index (χ3n) is 2.01. The van der Waals surface area contributed by atoms with Crippen molar-refractivity contribution in [3.05, 3.63) is 35.9 Å². The molecule has 5 nitrogen and oxygen atoms in total. The molecule has 0 aliphatic rings. The van der Waals surface area contributed by atoms with Gasteiger partial charge in [-0.1, -0.05) is 30.3 Å². The molecule has 2 N–H and O–H groups in total. The van der Waals surface area contributed by atoms with E-state index in [1.54, 1.807) is 0 Å². The van der Waals surface area contributed by atoms with Crippen LogP contribution in [0, 0.1) is 0 Å². The van der Waals surface area contributed by atoms with Crippen LogP contribution in [0.25, 0.3) is 0 Å². The van der Waals surface area contributed by atoms with Crippen molar-refractivity contribution >= 4 is 12.0 Å². The summed E-state index contributed by atoms with van der Waals surface area (Å²) in [6, 6.07) is 9.02. The Hall–Kier alpha value is -2.04. The fourth-order valence-corrected chi connectivity index (χ4v) is 1.18. The third-order valence-corrected chi connectivity index (χ3v) is 2.01. The molecule has 1 rings (SSSR count). The van der Waals surface area contributed by atoms with Crippen molar-refractivity contribution < 1.29 is 14.7 Å². The number of amides is 2. The number of carbonyl (C=O) groups is 2. The van der Waals surface area contributed by atoms with Gasteiger partial charge >= 0.3 is 12.0 Å². The minimum Gasteiger partial charge on any atom is -0.480 e. The SMILES string of the molecule is CN(CC(=O)O)C(=O)NCc1ccccc1. The van der Waals surface area contributed by atoms with Crippen LogP contribution < -0.4 is 5.32 Å². The average Bonchev–Trinajstić information content (AvgIpc) is 2.26. The molecular formula is C11H14N2O3. The molecule has 0 aromatic heterocycles. The molecule has 0 unspecified atom stereocenters. The van der Waals surface area contributed by atoms with Gasteiger partial charge in [0.25, 0.3) is 0 Å². The first-order valence-corrected chi connectivity index (χ1v) is 4.84. The van der Waals surface area contributed by atoms with Gasteiger partial charge in [-0.25, -0.2) is 4.79 Å². The van der Waals surface area contributed by atoms with E-state index in [1.807, 2.05) is 30.3 Å². The summed E-state index contributed by atoms with van der Waals surface area (Å²) in [5, 5.41) is 11.1. The van der Waals surface area contributed by atoms with Crippen LogP contribution in [0.4, 0.5) is 4.79 Å². The second kappa shape index (κ2) is 5.75. The summed E-state index contributed by atoms with van der Waals surface area (Å²) in [4.78, 5) is 22.9. The van der Waals surface area contributed by atoms with Crippen LogP contribution in [-0.2, 0) is 11.3 Å². The summed E-state index contributed by atoms with van der Waals surface area (Å²) < 4.78 is 0. The van der Waals surface area contributed by atoms with Crippen LogP contribution in [0.3, 0.4) is 0 Å². The summed E-state index contributed by atoms with van der Waals surface area (Å²) in [6.45, 7) is 0.0876. The van der Waals surface area contributed by atoms with E-state index >= 15 is 0 Å². The highest BCUT2D eigenvalue weighted by Crippen LogP contribution is 1.97. The summed E-state index contributed by atoms with van der Waals surface area (Å²) in [7, 11) is 1.44. The Morgan fingerprint density at radius 3 is 2.50 bits per heavy atom. The molecule has 5 heteroatoms. The summed E-state index contributed by atoms with van der Waals surface area (Å²) >= 11 is 0. The van der Waals surface area contributed by atoms with Gasteiger partial charge in [0.05, 0.1) is 0 Å². The molecule has 1 aromatic rings. The maximum absolute atomic E-state index is 11.4. The Bertz CT molecular complexity index is 365. The highest BCUT2D eigenvalue weighted by molar-refractivity contribution is 5.79. The number of nitrogens with one attached hydrogen (secondary N) is 1. The van der Waals surface area contributed by atoms with E-state index in [0.29, 0.717) is 6.54 Å². The van der Waals surface area contributed by atoms with Crippen LogP contribution in [0.15, 0.2) is 30.3 Å². The molecule has 0 atom stereocenters. The van der Waals surface area contributed by atoms with Gasteiger partial charge in [-0.3, -0.25) is 4.79 Å². The third kappa shape index (κ3) is 4.00. The number of likely N-dealkylation sites (N-methyl/N-ethyl adjacent to an activating group) is 1. The van der Waals surface area contributed by atoms with Crippen molar-refractivity contribution in [3.8, 4) is 0 Å². The second-order valence-corrected chi connectivity index (χ2v) is 3.39.